The lowest BCUT2D eigenvalue weighted by molar-refractivity contribution is -0.150. The van der Waals surface area contributed by atoms with E-state index in [1.54, 1.807) is 44.2 Å². The van der Waals surface area contributed by atoms with Crippen molar-refractivity contribution >= 4 is 11.9 Å². The molecule has 0 bridgehead atoms. The van der Waals surface area contributed by atoms with Gasteiger partial charge < -0.3 is 15.2 Å². The summed E-state index contributed by atoms with van der Waals surface area (Å²) in [5.74, 6) is -1.55. The maximum Gasteiger partial charge on any atom is 0.334 e. The third-order valence-corrected chi connectivity index (χ3v) is 4.21. The number of nitrogens with one attached hydrogen (secondary N) is 1. The number of carboxylic acids is 1. The van der Waals surface area contributed by atoms with Gasteiger partial charge in [-0.1, -0.05) is 67.6 Å². The molecule has 2 unspecified atom stereocenters. The fourth-order valence-electron chi connectivity index (χ4n) is 2.60. The SMILES string of the molecule is CCC(NC(=O)C(C)OCc1ccccc1)(C(=O)O)c1ccccc1. The van der Waals surface area contributed by atoms with Gasteiger partial charge in [0.05, 0.1) is 6.61 Å². The molecule has 0 heterocycles. The summed E-state index contributed by atoms with van der Waals surface area (Å²) in [6.07, 6.45) is -0.544. The number of aliphatic carboxylic acids is 1. The van der Waals surface area contributed by atoms with Crippen LogP contribution in [-0.2, 0) is 26.5 Å². The van der Waals surface area contributed by atoms with Crippen molar-refractivity contribution in [3.8, 4) is 0 Å². The number of carbonyl (C=O) groups excluding carboxylic acids is 1. The fraction of sp³-hybridized carbons (Fsp3) is 0.300. The summed E-state index contributed by atoms with van der Waals surface area (Å²) in [4.78, 5) is 24.5. The highest BCUT2D eigenvalue weighted by Crippen LogP contribution is 2.26. The van der Waals surface area contributed by atoms with E-state index in [9.17, 15) is 14.7 Å². The zero-order valence-corrected chi connectivity index (χ0v) is 14.4. The minimum atomic E-state index is -1.47. The maximum absolute atomic E-state index is 12.5. The lowest BCUT2D eigenvalue weighted by Crippen LogP contribution is -2.54. The molecule has 0 fully saturated rings. The standard InChI is InChI=1S/C20H23NO4/c1-3-20(19(23)24,17-12-8-5-9-13-17)21-18(22)15(2)25-14-16-10-6-4-7-11-16/h4-13,15H,3,14H2,1-2H3,(H,21,22)(H,23,24). The molecule has 2 rings (SSSR count). The summed E-state index contributed by atoms with van der Waals surface area (Å²) in [6.45, 7) is 3.63. The zero-order chi connectivity index (χ0) is 18.3. The van der Waals surface area contributed by atoms with Crippen molar-refractivity contribution in [1.82, 2.24) is 5.32 Å². The number of ether oxygens (including phenoxy) is 1. The summed E-state index contributed by atoms with van der Waals surface area (Å²) in [6, 6.07) is 18.2. The minimum absolute atomic E-state index is 0.226. The van der Waals surface area contributed by atoms with E-state index in [4.69, 9.17) is 4.74 Å². The van der Waals surface area contributed by atoms with Crippen LogP contribution >= 0.6 is 0 Å². The van der Waals surface area contributed by atoms with Gasteiger partial charge in [0.2, 0.25) is 5.91 Å². The molecule has 2 atom stereocenters. The molecule has 132 valence electrons. The van der Waals surface area contributed by atoms with Gasteiger partial charge in [-0.3, -0.25) is 4.79 Å². The van der Waals surface area contributed by atoms with E-state index in [1.807, 2.05) is 30.3 Å². The van der Waals surface area contributed by atoms with Gasteiger partial charge in [-0.25, -0.2) is 4.79 Å². The van der Waals surface area contributed by atoms with Gasteiger partial charge in [0.15, 0.2) is 5.54 Å². The number of amides is 1. The summed E-state index contributed by atoms with van der Waals surface area (Å²) < 4.78 is 5.59. The topological polar surface area (TPSA) is 75.6 Å². The van der Waals surface area contributed by atoms with E-state index < -0.39 is 23.5 Å². The van der Waals surface area contributed by atoms with Crippen molar-refractivity contribution in [2.75, 3.05) is 0 Å². The molecular formula is C20H23NO4. The first-order chi connectivity index (χ1) is 12.0. The van der Waals surface area contributed by atoms with E-state index in [-0.39, 0.29) is 13.0 Å². The average Bonchev–Trinajstić information content (AvgIpc) is 2.65. The predicted molar refractivity (Wildman–Crippen MR) is 94.9 cm³/mol. The first-order valence-electron chi connectivity index (χ1n) is 8.26. The molecule has 1 amide bonds. The van der Waals surface area contributed by atoms with Gasteiger partial charge in [0.1, 0.15) is 6.10 Å². The predicted octanol–water partition coefficient (Wildman–Crippen LogP) is 3.10. The molecular weight excluding hydrogens is 318 g/mol. The molecule has 2 N–H and O–H groups in total. The van der Waals surface area contributed by atoms with Crippen molar-refractivity contribution in [3.05, 3.63) is 71.8 Å². The second-order valence-electron chi connectivity index (χ2n) is 5.86. The first kappa shape index (κ1) is 18.7. The Labute approximate surface area is 147 Å². The molecule has 0 aliphatic rings. The van der Waals surface area contributed by atoms with Gasteiger partial charge in [-0.15, -0.1) is 0 Å². The Morgan fingerprint density at radius 2 is 1.64 bits per heavy atom. The Hall–Kier alpha value is -2.66. The van der Waals surface area contributed by atoms with Crippen molar-refractivity contribution in [2.24, 2.45) is 0 Å². The van der Waals surface area contributed by atoms with Gasteiger partial charge in [0.25, 0.3) is 0 Å². The van der Waals surface area contributed by atoms with Crippen LogP contribution in [0.1, 0.15) is 31.4 Å². The molecule has 5 nitrogen and oxygen atoms in total. The summed E-state index contributed by atoms with van der Waals surface area (Å²) in [5, 5.41) is 12.4. The lowest BCUT2D eigenvalue weighted by atomic mass is 9.87. The monoisotopic (exact) mass is 341 g/mol. The van der Waals surface area contributed by atoms with Crippen LogP contribution in [0.3, 0.4) is 0 Å². The second kappa shape index (κ2) is 8.44. The number of carboxylic acid groups (broad SMARTS) is 1. The largest absolute Gasteiger partial charge is 0.479 e. The molecule has 0 saturated carbocycles. The van der Waals surface area contributed by atoms with E-state index in [2.05, 4.69) is 5.32 Å². The van der Waals surface area contributed by atoms with E-state index in [1.165, 1.54) is 0 Å². The van der Waals surface area contributed by atoms with Gasteiger partial charge in [-0.05, 0) is 24.5 Å². The highest BCUT2D eigenvalue weighted by molar-refractivity contribution is 5.89. The van der Waals surface area contributed by atoms with Crippen molar-refractivity contribution < 1.29 is 19.4 Å². The normalized spacial score (nSPS) is 14.3. The lowest BCUT2D eigenvalue weighted by Gasteiger charge is -2.31. The highest BCUT2D eigenvalue weighted by Gasteiger charge is 2.41. The minimum Gasteiger partial charge on any atom is -0.479 e. The molecule has 2 aromatic carbocycles. The van der Waals surface area contributed by atoms with Gasteiger partial charge in [-0.2, -0.15) is 0 Å². The third kappa shape index (κ3) is 4.45. The van der Waals surface area contributed by atoms with Crippen molar-refractivity contribution in [1.29, 1.82) is 0 Å². The zero-order valence-electron chi connectivity index (χ0n) is 14.4. The number of carbonyl (C=O) groups is 2. The van der Waals surface area contributed by atoms with Crippen LogP contribution in [0.15, 0.2) is 60.7 Å². The summed E-state index contributed by atoms with van der Waals surface area (Å²) in [5.41, 5.74) is 0.0155. The third-order valence-electron chi connectivity index (χ3n) is 4.21. The average molecular weight is 341 g/mol. The van der Waals surface area contributed by atoms with Crippen LogP contribution < -0.4 is 5.32 Å². The van der Waals surface area contributed by atoms with Gasteiger partial charge in [0, 0.05) is 0 Å². The van der Waals surface area contributed by atoms with Crippen LogP contribution in [0.2, 0.25) is 0 Å². The highest BCUT2D eigenvalue weighted by atomic mass is 16.5. The number of hydrogen-bond donors (Lipinski definition) is 2. The molecule has 0 aliphatic heterocycles. The Kier molecular flexibility index (Phi) is 6.31. The molecule has 2 aromatic rings. The Bertz CT molecular complexity index is 702. The van der Waals surface area contributed by atoms with Crippen LogP contribution in [0.4, 0.5) is 0 Å². The molecule has 25 heavy (non-hydrogen) atoms. The van der Waals surface area contributed by atoms with Crippen LogP contribution in [0, 0.1) is 0 Å². The van der Waals surface area contributed by atoms with Crippen LogP contribution in [0.25, 0.3) is 0 Å². The quantitative estimate of drug-likeness (QED) is 0.774. The number of rotatable bonds is 8. The summed E-state index contributed by atoms with van der Waals surface area (Å²) >= 11 is 0. The number of hydrogen-bond acceptors (Lipinski definition) is 3. The second-order valence-corrected chi connectivity index (χ2v) is 5.86. The summed E-state index contributed by atoms with van der Waals surface area (Å²) in [7, 11) is 0. The van der Waals surface area contributed by atoms with Crippen LogP contribution in [-0.4, -0.2) is 23.1 Å². The molecule has 0 radical (unpaired) electrons. The molecule has 0 saturated heterocycles. The van der Waals surface area contributed by atoms with E-state index >= 15 is 0 Å². The Morgan fingerprint density at radius 1 is 1.08 bits per heavy atom. The molecule has 0 aromatic heterocycles. The Balaban J connectivity index is 2.10. The maximum atomic E-state index is 12.5. The number of benzene rings is 2. The molecule has 0 spiro atoms. The fourth-order valence-corrected chi connectivity index (χ4v) is 2.60. The van der Waals surface area contributed by atoms with Crippen LogP contribution in [0.5, 0.6) is 0 Å². The van der Waals surface area contributed by atoms with E-state index in [0.717, 1.165) is 5.56 Å². The smallest absolute Gasteiger partial charge is 0.334 e. The molecule has 5 heteroatoms. The van der Waals surface area contributed by atoms with E-state index in [0.29, 0.717) is 5.56 Å². The van der Waals surface area contributed by atoms with Crippen molar-refractivity contribution in [2.45, 2.75) is 38.5 Å². The first-order valence-corrected chi connectivity index (χ1v) is 8.26. The Morgan fingerprint density at radius 3 is 2.16 bits per heavy atom. The molecule has 0 aliphatic carbocycles. The van der Waals surface area contributed by atoms with Gasteiger partial charge >= 0.3 is 5.97 Å². The van der Waals surface area contributed by atoms with Crippen molar-refractivity contribution in [3.63, 3.8) is 0 Å².